The van der Waals surface area contributed by atoms with E-state index in [-0.39, 0.29) is 6.54 Å². The van der Waals surface area contributed by atoms with Crippen LogP contribution in [0.3, 0.4) is 0 Å². The molecule has 0 radical (unpaired) electrons. The second kappa shape index (κ2) is 5.42. The van der Waals surface area contributed by atoms with Crippen LogP contribution in [0.4, 0.5) is 0 Å². The molecule has 0 aromatic heterocycles. The number of hydrogen-bond acceptors (Lipinski definition) is 4. The average molecular weight is 308 g/mol. The molecule has 0 bridgehead atoms. The van der Waals surface area contributed by atoms with Gasteiger partial charge in [0, 0.05) is 5.41 Å². The van der Waals surface area contributed by atoms with Gasteiger partial charge < -0.3 is 0 Å². The Kier molecular flexibility index (Phi) is 3.97. The zero-order valence-electron chi connectivity index (χ0n) is 11.7. The van der Waals surface area contributed by atoms with E-state index in [0.717, 1.165) is 9.71 Å². The number of rotatable bonds is 3. The van der Waals surface area contributed by atoms with E-state index < -0.39 is 27.4 Å². The molecule has 1 fully saturated rings. The van der Waals surface area contributed by atoms with Crippen LogP contribution in [0.25, 0.3) is 6.08 Å². The topological polar surface area (TPSA) is 83.6 Å². The molecule has 1 aliphatic heterocycles. The predicted octanol–water partition coefficient (Wildman–Crippen LogP) is 0.724. The lowest BCUT2D eigenvalue weighted by atomic mass is 10.0. The minimum atomic E-state index is -3.88. The summed E-state index contributed by atoms with van der Waals surface area (Å²) in [4.78, 5) is 23.2. The lowest BCUT2D eigenvalue weighted by molar-refractivity contribution is -0.141. The summed E-state index contributed by atoms with van der Waals surface area (Å²) in [5.41, 5.74) is -0.597. The van der Waals surface area contributed by atoms with Crippen molar-refractivity contribution in [1.82, 2.24) is 9.62 Å². The summed E-state index contributed by atoms with van der Waals surface area (Å²) in [5.74, 6) is -1.26. The Morgan fingerprint density at radius 3 is 2.43 bits per heavy atom. The van der Waals surface area contributed by atoms with E-state index in [1.165, 1.54) is 19.9 Å². The maximum absolute atomic E-state index is 12.4. The Hall–Kier alpha value is -1.99. The lowest BCUT2D eigenvalue weighted by Gasteiger charge is -2.38. The predicted molar refractivity (Wildman–Crippen MR) is 78.3 cm³/mol. The largest absolute Gasteiger partial charge is 0.294 e. The van der Waals surface area contributed by atoms with Crippen LogP contribution in [0.1, 0.15) is 19.4 Å². The molecule has 0 spiro atoms. The van der Waals surface area contributed by atoms with E-state index in [1.807, 2.05) is 6.07 Å². The van der Waals surface area contributed by atoms with E-state index in [2.05, 4.69) is 5.32 Å². The first-order chi connectivity index (χ1) is 9.73. The van der Waals surface area contributed by atoms with Crippen molar-refractivity contribution in [1.29, 1.82) is 0 Å². The summed E-state index contributed by atoms with van der Waals surface area (Å²) >= 11 is 0. The first kappa shape index (κ1) is 15.4. The van der Waals surface area contributed by atoms with E-state index >= 15 is 0 Å². The number of sulfonamides is 1. The van der Waals surface area contributed by atoms with Crippen molar-refractivity contribution in [2.45, 2.75) is 19.4 Å². The molecule has 2 amide bonds. The Morgan fingerprint density at radius 2 is 1.81 bits per heavy atom. The molecule has 0 atom stereocenters. The fourth-order valence-electron chi connectivity index (χ4n) is 1.97. The van der Waals surface area contributed by atoms with E-state index in [1.54, 1.807) is 24.3 Å². The number of nitrogens with one attached hydrogen (secondary N) is 1. The SMILES string of the molecule is CC1(C)C(=O)NC(=O)CN1S(=O)(=O)C=Cc1ccccc1. The summed E-state index contributed by atoms with van der Waals surface area (Å²) in [6, 6.07) is 8.90. The maximum Gasteiger partial charge on any atom is 0.247 e. The van der Waals surface area contributed by atoms with Crippen LogP contribution in [-0.4, -0.2) is 36.6 Å². The number of amides is 2. The molecule has 7 heteroatoms. The van der Waals surface area contributed by atoms with E-state index in [4.69, 9.17) is 0 Å². The second-order valence-corrected chi connectivity index (χ2v) is 6.94. The average Bonchev–Trinajstić information content (AvgIpc) is 2.42. The highest BCUT2D eigenvalue weighted by Crippen LogP contribution is 2.23. The van der Waals surface area contributed by atoms with Crippen molar-refractivity contribution in [2.75, 3.05) is 6.54 Å². The molecule has 1 aromatic rings. The van der Waals surface area contributed by atoms with Gasteiger partial charge in [0.1, 0.15) is 5.54 Å². The molecule has 0 unspecified atom stereocenters. The van der Waals surface area contributed by atoms with Crippen LogP contribution in [0.5, 0.6) is 0 Å². The smallest absolute Gasteiger partial charge is 0.247 e. The molecule has 1 aromatic carbocycles. The van der Waals surface area contributed by atoms with E-state index in [0.29, 0.717) is 5.56 Å². The Labute approximate surface area is 123 Å². The zero-order valence-corrected chi connectivity index (χ0v) is 12.6. The van der Waals surface area contributed by atoms with Gasteiger partial charge in [0.15, 0.2) is 0 Å². The highest BCUT2D eigenvalue weighted by molar-refractivity contribution is 7.92. The first-order valence-corrected chi connectivity index (χ1v) is 7.84. The zero-order chi connectivity index (χ0) is 15.7. The fraction of sp³-hybridized carbons (Fsp3) is 0.286. The van der Waals surface area contributed by atoms with E-state index in [9.17, 15) is 18.0 Å². The van der Waals surface area contributed by atoms with Crippen molar-refractivity contribution < 1.29 is 18.0 Å². The van der Waals surface area contributed by atoms with Crippen molar-refractivity contribution in [3.63, 3.8) is 0 Å². The fourth-order valence-corrected chi connectivity index (χ4v) is 3.46. The van der Waals surface area contributed by atoms with Crippen LogP contribution in [0, 0.1) is 0 Å². The Morgan fingerprint density at radius 1 is 1.19 bits per heavy atom. The van der Waals surface area contributed by atoms with Crippen molar-refractivity contribution in [2.24, 2.45) is 0 Å². The lowest BCUT2D eigenvalue weighted by Crippen LogP contribution is -2.65. The standard InChI is InChI=1S/C14H16N2O4S/c1-14(2)13(18)15-12(17)10-16(14)21(19,20)9-8-11-6-4-3-5-7-11/h3-9H,10H2,1-2H3,(H,15,17,18). The quantitative estimate of drug-likeness (QED) is 0.834. The minimum absolute atomic E-state index is 0.375. The highest BCUT2D eigenvalue weighted by atomic mass is 32.2. The van der Waals surface area contributed by atoms with Gasteiger partial charge in [-0.1, -0.05) is 30.3 Å². The molecular weight excluding hydrogens is 292 g/mol. The number of piperazine rings is 1. The molecule has 1 N–H and O–H groups in total. The van der Waals surface area contributed by atoms with Gasteiger partial charge in [-0.15, -0.1) is 0 Å². The van der Waals surface area contributed by atoms with Gasteiger partial charge in [-0.3, -0.25) is 14.9 Å². The third-order valence-corrected chi connectivity index (χ3v) is 4.94. The minimum Gasteiger partial charge on any atom is -0.294 e. The molecule has 1 aliphatic rings. The highest BCUT2D eigenvalue weighted by Gasteiger charge is 2.46. The molecule has 0 saturated carbocycles. The third kappa shape index (κ3) is 3.20. The number of carbonyl (C=O) groups excluding carboxylic acids is 2. The van der Waals surface area contributed by atoms with Crippen molar-refractivity contribution >= 4 is 27.9 Å². The molecule has 1 saturated heterocycles. The number of benzene rings is 1. The maximum atomic E-state index is 12.4. The summed E-state index contributed by atoms with van der Waals surface area (Å²) < 4.78 is 25.6. The number of imide groups is 1. The van der Waals surface area contributed by atoms with Crippen LogP contribution in [-0.2, 0) is 19.6 Å². The van der Waals surface area contributed by atoms with Gasteiger partial charge in [-0.05, 0) is 25.5 Å². The van der Waals surface area contributed by atoms with Crippen LogP contribution < -0.4 is 5.32 Å². The summed E-state index contributed by atoms with van der Waals surface area (Å²) in [7, 11) is -3.88. The molecule has 1 heterocycles. The van der Waals surface area contributed by atoms with Crippen LogP contribution >= 0.6 is 0 Å². The first-order valence-electron chi connectivity index (χ1n) is 6.34. The summed E-state index contributed by atoms with van der Waals surface area (Å²) in [5, 5.41) is 3.15. The van der Waals surface area contributed by atoms with Crippen LogP contribution in [0.15, 0.2) is 35.7 Å². The molecule has 2 rings (SSSR count). The Balaban J connectivity index is 2.32. The molecule has 6 nitrogen and oxygen atoms in total. The molecule has 0 aliphatic carbocycles. The van der Waals surface area contributed by atoms with Gasteiger partial charge >= 0.3 is 0 Å². The molecule has 21 heavy (non-hydrogen) atoms. The summed E-state index contributed by atoms with van der Waals surface area (Å²) in [6.45, 7) is 2.55. The van der Waals surface area contributed by atoms with Gasteiger partial charge in [0.25, 0.3) is 0 Å². The normalized spacial score (nSPS) is 19.7. The molecular formula is C14H16N2O4S. The number of nitrogens with zero attached hydrogens (tertiary/aromatic N) is 1. The Bertz CT molecular complexity index is 693. The van der Waals surface area contributed by atoms with Gasteiger partial charge in [0.05, 0.1) is 6.54 Å². The van der Waals surface area contributed by atoms with Crippen LogP contribution in [0.2, 0.25) is 0 Å². The number of hydrogen-bond donors (Lipinski definition) is 1. The molecule has 112 valence electrons. The summed E-state index contributed by atoms with van der Waals surface area (Å²) in [6.07, 6.45) is 1.43. The number of carbonyl (C=O) groups is 2. The van der Waals surface area contributed by atoms with Crippen molar-refractivity contribution in [3.05, 3.63) is 41.3 Å². The van der Waals surface area contributed by atoms with Crippen molar-refractivity contribution in [3.8, 4) is 0 Å². The van der Waals surface area contributed by atoms with Gasteiger partial charge in [-0.2, -0.15) is 4.31 Å². The van der Waals surface area contributed by atoms with Gasteiger partial charge in [0.2, 0.25) is 21.8 Å². The third-order valence-electron chi connectivity index (χ3n) is 3.26. The monoisotopic (exact) mass is 308 g/mol. The second-order valence-electron chi connectivity index (χ2n) is 5.20. The van der Waals surface area contributed by atoms with Gasteiger partial charge in [-0.25, -0.2) is 8.42 Å².